The Labute approximate surface area is 111 Å². The maximum Gasteiger partial charge on any atom is 0.305 e. The Hall–Kier alpha value is -0.700. The van der Waals surface area contributed by atoms with E-state index in [1.54, 1.807) is 6.92 Å². The van der Waals surface area contributed by atoms with E-state index in [9.17, 15) is 13.2 Å². The molecule has 0 saturated carbocycles. The monoisotopic (exact) mass is 293 g/mol. The molecule has 0 spiro atoms. The van der Waals surface area contributed by atoms with Crippen molar-refractivity contribution in [2.24, 2.45) is 11.7 Å². The van der Waals surface area contributed by atoms with Crippen LogP contribution in [0.25, 0.3) is 0 Å². The van der Waals surface area contributed by atoms with Crippen molar-refractivity contribution >= 4 is 21.4 Å². The third-order valence-corrected chi connectivity index (χ3v) is 5.36. The minimum absolute atomic E-state index is 0.0317. The number of aromatic nitrogens is 1. The summed E-state index contributed by atoms with van der Waals surface area (Å²) in [6.45, 7) is 5.78. The summed E-state index contributed by atoms with van der Waals surface area (Å²) >= 11 is 0.684. The lowest BCUT2D eigenvalue weighted by Crippen LogP contribution is -2.37. The average Bonchev–Trinajstić information content (AvgIpc) is 2.55. The highest BCUT2D eigenvalue weighted by Gasteiger charge is 2.21. The van der Waals surface area contributed by atoms with Gasteiger partial charge in [0.25, 0.3) is 10.0 Å². The van der Waals surface area contributed by atoms with Gasteiger partial charge in [0.1, 0.15) is 0 Å². The van der Waals surface area contributed by atoms with Crippen molar-refractivity contribution in [2.45, 2.75) is 37.4 Å². The zero-order chi connectivity index (χ0) is 13.9. The molecule has 0 amide bonds. The standard InChI is InChI=1S/C10H19N3O3S2/c1-6(2)4-8(11)5-12-18(15,16)9-7(3)13-10(14)17-9/h6,8,12H,4-5,11H2,1-3H3,(H,13,14). The average molecular weight is 293 g/mol. The first-order chi connectivity index (χ1) is 8.22. The van der Waals surface area contributed by atoms with Crippen molar-refractivity contribution < 1.29 is 8.42 Å². The number of nitrogens with two attached hydrogens (primary N) is 1. The van der Waals surface area contributed by atoms with Gasteiger partial charge in [0.2, 0.25) is 0 Å². The van der Waals surface area contributed by atoms with Gasteiger partial charge in [-0.3, -0.25) is 4.79 Å². The maximum atomic E-state index is 11.9. The Morgan fingerprint density at radius 3 is 2.50 bits per heavy atom. The topological polar surface area (TPSA) is 105 Å². The molecule has 18 heavy (non-hydrogen) atoms. The van der Waals surface area contributed by atoms with Crippen LogP contribution in [-0.4, -0.2) is 26.0 Å². The molecule has 104 valence electrons. The van der Waals surface area contributed by atoms with Crippen LogP contribution in [0.5, 0.6) is 0 Å². The fraction of sp³-hybridized carbons (Fsp3) is 0.700. The predicted molar refractivity (Wildman–Crippen MR) is 72.3 cm³/mol. The second kappa shape index (κ2) is 5.96. The number of sulfonamides is 1. The van der Waals surface area contributed by atoms with Gasteiger partial charge >= 0.3 is 4.87 Å². The van der Waals surface area contributed by atoms with E-state index in [0.29, 0.717) is 22.9 Å². The van der Waals surface area contributed by atoms with Crippen molar-refractivity contribution in [3.8, 4) is 0 Å². The molecule has 0 aromatic carbocycles. The summed E-state index contributed by atoms with van der Waals surface area (Å²) in [6.07, 6.45) is 0.741. The van der Waals surface area contributed by atoms with Crippen molar-refractivity contribution in [3.05, 3.63) is 15.4 Å². The summed E-state index contributed by atoms with van der Waals surface area (Å²) in [5.74, 6) is 0.412. The molecule has 0 aliphatic heterocycles. The van der Waals surface area contributed by atoms with Crippen LogP contribution >= 0.6 is 11.3 Å². The molecule has 1 aromatic heterocycles. The van der Waals surface area contributed by atoms with E-state index in [1.165, 1.54) is 0 Å². The van der Waals surface area contributed by atoms with Gasteiger partial charge in [-0.1, -0.05) is 25.2 Å². The number of nitrogens with one attached hydrogen (secondary N) is 2. The minimum Gasteiger partial charge on any atom is -0.327 e. The molecule has 0 fully saturated rings. The Morgan fingerprint density at radius 2 is 2.06 bits per heavy atom. The van der Waals surface area contributed by atoms with Crippen LogP contribution < -0.4 is 15.3 Å². The van der Waals surface area contributed by atoms with E-state index in [0.717, 1.165) is 6.42 Å². The largest absolute Gasteiger partial charge is 0.327 e. The number of hydrogen-bond donors (Lipinski definition) is 3. The zero-order valence-electron chi connectivity index (χ0n) is 10.7. The van der Waals surface area contributed by atoms with Crippen LogP contribution in [0.2, 0.25) is 0 Å². The second-order valence-corrected chi connectivity index (χ2v) is 7.61. The van der Waals surface area contributed by atoms with Crippen molar-refractivity contribution in [2.75, 3.05) is 6.54 Å². The van der Waals surface area contributed by atoms with Crippen LogP contribution in [0, 0.1) is 12.8 Å². The molecule has 4 N–H and O–H groups in total. The highest BCUT2D eigenvalue weighted by molar-refractivity contribution is 7.91. The molecule has 0 aliphatic carbocycles. The van der Waals surface area contributed by atoms with Gasteiger partial charge in [0.15, 0.2) is 4.21 Å². The van der Waals surface area contributed by atoms with Gasteiger partial charge < -0.3 is 10.7 Å². The lowest BCUT2D eigenvalue weighted by molar-refractivity contribution is 0.486. The van der Waals surface area contributed by atoms with Crippen LogP contribution in [0.1, 0.15) is 26.0 Å². The minimum atomic E-state index is -3.64. The highest BCUT2D eigenvalue weighted by atomic mass is 32.2. The molecule has 0 bridgehead atoms. The van der Waals surface area contributed by atoms with Gasteiger partial charge in [0, 0.05) is 18.3 Å². The van der Waals surface area contributed by atoms with Crippen LogP contribution in [0.3, 0.4) is 0 Å². The molecule has 8 heteroatoms. The molecular formula is C10H19N3O3S2. The fourth-order valence-electron chi connectivity index (χ4n) is 1.62. The fourth-order valence-corrected chi connectivity index (χ4v) is 4.06. The SMILES string of the molecule is Cc1[nH]c(=O)sc1S(=O)(=O)NCC(N)CC(C)C. The van der Waals surface area contributed by atoms with Crippen molar-refractivity contribution in [1.29, 1.82) is 0 Å². The van der Waals surface area contributed by atoms with E-state index >= 15 is 0 Å². The molecule has 1 rings (SSSR count). The van der Waals surface area contributed by atoms with Crippen LogP contribution in [0.15, 0.2) is 9.00 Å². The number of H-pyrrole nitrogens is 1. The number of aryl methyl sites for hydroxylation is 1. The highest BCUT2D eigenvalue weighted by Crippen LogP contribution is 2.15. The Bertz CT molecular complexity index is 545. The Balaban J connectivity index is 2.72. The van der Waals surface area contributed by atoms with Gasteiger partial charge in [-0.15, -0.1) is 0 Å². The number of aromatic amines is 1. The molecule has 1 unspecified atom stereocenters. The smallest absolute Gasteiger partial charge is 0.305 e. The predicted octanol–water partition coefficient (Wildman–Crippen LogP) is 0.397. The number of thiazole rings is 1. The molecular weight excluding hydrogens is 274 g/mol. The zero-order valence-corrected chi connectivity index (χ0v) is 12.3. The first-order valence-corrected chi connectivity index (χ1v) is 7.97. The second-order valence-electron chi connectivity index (χ2n) is 4.67. The lowest BCUT2D eigenvalue weighted by atomic mass is 10.1. The van der Waals surface area contributed by atoms with Gasteiger partial charge in [0.05, 0.1) is 0 Å². The van der Waals surface area contributed by atoms with E-state index in [1.807, 2.05) is 13.8 Å². The van der Waals surface area contributed by atoms with E-state index in [4.69, 9.17) is 5.73 Å². The van der Waals surface area contributed by atoms with Gasteiger partial charge in [-0.25, -0.2) is 13.1 Å². The quantitative estimate of drug-likeness (QED) is 0.706. The van der Waals surface area contributed by atoms with E-state index in [-0.39, 0.29) is 21.7 Å². The summed E-state index contributed by atoms with van der Waals surface area (Å²) in [5, 5.41) is 0. The van der Waals surface area contributed by atoms with Gasteiger partial charge in [-0.2, -0.15) is 0 Å². The van der Waals surface area contributed by atoms with Crippen LogP contribution in [0.4, 0.5) is 0 Å². The normalized spacial score (nSPS) is 14.1. The van der Waals surface area contributed by atoms with E-state index < -0.39 is 10.0 Å². The summed E-state index contributed by atoms with van der Waals surface area (Å²) in [4.78, 5) is 13.2. The molecule has 6 nitrogen and oxygen atoms in total. The Morgan fingerprint density at radius 1 is 1.44 bits per heavy atom. The summed E-state index contributed by atoms with van der Waals surface area (Å²) in [7, 11) is -3.64. The number of rotatable bonds is 6. The molecule has 0 aliphatic rings. The third kappa shape index (κ3) is 4.20. The van der Waals surface area contributed by atoms with Crippen molar-refractivity contribution in [3.63, 3.8) is 0 Å². The van der Waals surface area contributed by atoms with E-state index in [2.05, 4.69) is 9.71 Å². The Kier molecular flexibility index (Phi) is 5.09. The van der Waals surface area contributed by atoms with Crippen LogP contribution in [-0.2, 0) is 10.0 Å². The third-order valence-electron chi connectivity index (χ3n) is 2.33. The molecule has 1 atom stereocenters. The molecule has 1 aromatic rings. The first-order valence-electron chi connectivity index (χ1n) is 5.67. The van der Waals surface area contributed by atoms with Crippen molar-refractivity contribution in [1.82, 2.24) is 9.71 Å². The molecule has 0 saturated heterocycles. The summed E-state index contributed by atoms with van der Waals surface area (Å²) in [6, 6.07) is -0.226. The first kappa shape index (κ1) is 15.4. The molecule has 0 radical (unpaired) electrons. The lowest BCUT2D eigenvalue weighted by Gasteiger charge is -2.14. The molecule has 1 heterocycles. The summed E-state index contributed by atoms with van der Waals surface area (Å²) in [5.41, 5.74) is 6.17. The van der Waals surface area contributed by atoms with Gasteiger partial charge in [-0.05, 0) is 19.3 Å². The summed E-state index contributed by atoms with van der Waals surface area (Å²) < 4.78 is 26.3. The maximum absolute atomic E-state index is 11.9. The number of hydrogen-bond acceptors (Lipinski definition) is 5.